The quantitative estimate of drug-likeness (QED) is 0.343. The Hall–Kier alpha value is -1.67. The van der Waals surface area contributed by atoms with Crippen LogP contribution in [0.15, 0.2) is 29.3 Å². The first-order valence-corrected chi connectivity index (χ1v) is 9.79. The number of nitrogens with zero attached hydrogens (tertiary/aromatic N) is 2. The Bertz CT molecular complexity index is 548. The van der Waals surface area contributed by atoms with Crippen molar-refractivity contribution in [2.24, 2.45) is 4.99 Å². The lowest BCUT2D eigenvalue weighted by Crippen LogP contribution is -2.39. The van der Waals surface area contributed by atoms with Crippen LogP contribution in [0.2, 0.25) is 0 Å². The van der Waals surface area contributed by atoms with Gasteiger partial charge in [-0.05, 0) is 18.1 Å². The van der Waals surface area contributed by atoms with Gasteiger partial charge < -0.3 is 24.8 Å². The summed E-state index contributed by atoms with van der Waals surface area (Å²) in [5.41, 5.74) is 2.60. The first kappa shape index (κ1) is 21.6. The fraction of sp³-hybridized carbons (Fsp3) is 0.650. The van der Waals surface area contributed by atoms with E-state index in [1.165, 1.54) is 11.1 Å². The van der Waals surface area contributed by atoms with Crippen molar-refractivity contribution in [2.75, 3.05) is 66.3 Å². The van der Waals surface area contributed by atoms with E-state index in [4.69, 9.17) is 19.2 Å². The van der Waals surface area contributed by atoms with Gasteiger partial charge in [-0.15, -0.1) is 0 Å². The van der Waals surface area contributed by atoms with Crippen molar-refractivity contribution in [1.29, 1.82) is 0 Å². The van der Waals surface area contributed by atoms with Gasteiger partial charge in [-0.1, -0.05) is 24.3 Å². The van der Waals surface area contributed by atoms with Crippen molar-refractivity contribution in [2.45, 2.75) is 20.0 Å². The number of aliphatic imine (C=N–C) groups is 1. The van der Waals surface area contributed by atoms with E-state index in [0.29, 0.717) is 32.9 Å². The Labute approximate surface area is 163 Å². The topological polar surface area (TPSA) is 67.4 Å². The number of hydrogen-bond donors (Lipinski definition) is 2. The van der Waals surface area contributed by atoms with Gasteiger partial charge in [-0.2, -0.15) is 0 Å². The molecule has 152 valence electrons. The van der Waals surface area contributed by atoms with Crippen molar-refractivity contribution < 1.29 is 14.2 Å². The van der Waals surface area contributed by atoms with E-state index in [1.54, 1.807) is 7.11 Å². The van der Waals surface area contributed by atoms with Gasteiger partial charge in [0.05, 0.1) is 39.6 Å². The fourth-order valence-electron chi connectivity index (χ4n) is 2.86. The Balaban J connectivity index is 1.86. The highest BCUT2D eigenvalue weighted by Gasteiger charge is 2.12. The van der Waals surface area contributed by atoms with E-state index >= 15 is 0 Å². The van der Waals surface area contributed by atoms with Crippen LogP contribution >= 0.6 is 0 Å². The molecule has 0 atom stereocenters. The predicted molar refractivity (Wildman–Crippen MR) is 108 cm³/mol. The lowest BCUT2D eigenvalue weighted by atomic mass is 10.1. The summed E-state index contributed by atoms with van der Waals surface area (Å²) in [5, 5.41) is 6.60. The van der Waals surface area contributed by atoms with Crippen LogP contribution in [0.3, 0.4) is 0 Å². The molecule has 1 heterocycles. The summed E-state index contributed by atoms with van der Waals surface area (Å²) in [7, 11) is 1.68. The molecule has 7 nitrogen and oxygen atoms in total. The largest absolute Gasteiger partial charge is 0.382 e. The maximum Gasteiger partial charge on any atom is 0.191 e. The number of ether oxygens (including phenoxy) is 3. The zero-order valence-corrected chi connectivity index (χ0v) is 16.7. The molecule has 1 aliphatic rings. The second-order valence-electron chi connectivity index (χ2n) is 6.38. The highest BCUT2D eigenvalue weighted by Crippen LogP contribution is 2.14. The molecule has 0 radical (unpaired) electrons. The minimum atomic E-state index is 0.612. The zero-order chi connectivity index (χ0) is 19.2. The Morgan fingerprint density at radius 1 is 1.11 bits per heavy atom. The summed E-state index contributed by atoms with van der Waals surface area (Å²) in [4.78, 5) is 7.18. The van der Waals surface area contributed by atoms with Crippen molar-refractivity contribution >= 4 is 5.96 Å². The number of benzene rings is 1. The zero-order valence-electron chi connectivity index (χ0n) is 16.7. The van der Waals surface area contributed by atoms with Gasteiger partial charge in [0.1, 0.15) is 0 Å². The van der Waals surface area contributed by atoms with Gasteiger partial charge in [0.15, 0.2) is 5.96 Å². The maximum atomic E-state index is 5.48. The van der Waals surface area contributed by atoms with E-state index in [0.717, 1.165) is 45.4 Å². The third-order valence-electron chi connectivity index (χ3n) is 4.34. The number of methoxy groups -OCH3 is 1. The van der Waals surface area contributed by atoms with Gasteiger partial charge >= 0.3 is 0 Å². The smallest absolute Gasteiger partial charge is 0.191 e. The van der Waals surface area contributed by atoms with Crippen LogP contribution in [0.25, 0.3) is 0 Å². The third-order valence-corrected chi connectivity index (χ3v) is 4.34. The molecule has 1 fully saturated rings. The van der Waals surface area contributed by atoms with Crippen LogP contribution in [0.1, 0.15) is 18.1 Å². The number of hydrogen-bond acceptors (Lipinski definition) is 5. The molecule has 7 heteroatoms. The van der Waals surface area contributed by atoms with Gasteiger partial charge in [-0.25, -0.2) is 4.99 Å². The molecule has 0 aromatic heterocycles. The average molecular weight is 379 g/mol. The predicted octanol–water partition coefficient (Wildman–Crippen LogP) is 1.24. The molecule has 1 aromatic rings. The highest BCUT2D eigenvalue weighted by molar-refractivity contribution is 5.79. The molecule has 2 rings (SSSR count). The van der Waals surface area contributed by atoms with Gasteiger partial charge in [-0.3, -0.25) is 4.90 Å². The van der Waals surface area contributed by atoms with Crippen molar-refractivity contribution in [3.8, 4) is 0 Å². The molecule has 1 aliphatic heterocycles. The van der Waals surface area contributed by atoms with Crippen LogP contribution < -0.4 is 10.6 Å². The SMILES string of the molecule is CCNC(=NCc1ccccc1CN1CCOCC1)NCCOCCOC. The molecule has 1 saturated heterocycles. The molecule has 0 amide bonds. The Morgan fingerprint density at radius 3 is 2.63 bits per heavy atom. The normalized spacial score (nSPS) is 15.7. The minimum absolute atomic E-state index is 0.612. The summed E-state index contributed by atoms with van der Waals surface area (Å²) in [6, 6.07) is 8.54. The molecule has 0 unspecified atom stereocenters. The minimum Gasteiger partial charge on any atom is -0.382 e. The Morgan fingerprint density at radius 2 is 1.89 bits per heavy atom. The van der Waals surface area contributed by atoms with Crippen molar-refractivity contribution in [3.05, 3.63) is 35.4 Å². The van der Waals surface area contributed by atoms with Crippen LogP contribution in [-0.2, 0) is 27.3 Å². The van der Waals surface area contributed by atoms with Crippen LogP contribution in [0, 0.1) is 0 Å². The number of guanidine groups is 1. The molecule has 0 aliphatic carbocycles. The molecular weight excluding hydrogens is 344 g/mol. The standard InChI is InChI=1S/C20H34N4O3/c1-3-21-20(22-8-11-26-15-14-25-2)23-16-18-6-4-5-7-19(18)17-24-9-12-27-13-10-24/h4-7H,3,8-17H2,1-2H3,(H2,21,22,23). The molecule has 27 heavy (non-hydrogen) atoms. The fourth-order valence-corrected chi connectivity index (χ4v) is 2.86. The van der Waals surface area contributed by atoms with Gasteiger partial charge in [0, 0.05) is 39.8 Å². The second-order valence-corrected chi connectivity index (χ2v) is 6.38. The average Bonchev–Trinajstić information content (AvgIpc) is 2.70. The summed E-state index contributed by atoms with van der Waals surface area (Å²) in [6.45, 7) is 10.7. The van der Waals surface area contributed by atoms with Gasteiger partial charge in [0.25, 0.3) is 0 Å². The molecule has 0 spiro atoms. The number of nitrogens with one attached hydrogen (secondary N) is 2. The van der Waals surface area contributed by atoms with E-state index in [2.05, 4.69) is 46.7 Å². The monoisotopic (exact) mass is 378 g/mol. The van der Waals surface area contributed by atoms with E-state index in [-0.39, 0.29) is 0 Å². The second kappa shape index (κ2) is 13.5. The number of rotatable bonds is 11. The summed E-state index contributed by atoms with van der Waals surface area (Å²) in [6.07, 6.45) is 0. The van der Waals surface area contributed by atoms with Gasteiger partial charge in [0.2, 0.25) is 0 Å². The maximum absolute atomic E-state index is 5.48. The van der Waals surface area contributed by atoms with E-state index in [9.17, 15) is 0 Å². The molecule has 2 N–H and O–H groups in total. The van der Waals surface area contributed by atoms with Crippen molar-refractivity contribution in [3.63, 3.8) is 0 Å². The first-order chi connectivity index (χ1) is 13.3. The molecule has 1 aromatic carbocycles. The van der Waals surface area contributed by atoms with Crippen molar-refractivity contribution in [1.82, 2.24) is 15.5 Å². The molecule has 0 saturated carbocycles. The van der Waals surface area contributed by atoms with Crippen LogP contribution in [0.4, 0.5) is 0 Å². The number of morpholine rings is 1. The third kappa shape index (κ3) is 8.71. The molecular formula is C20H34N4O3. The summed E-state index contributed by atoms with van der Waals surface area (Å²) < 4.78 is 15.9. The Kier molecular flexibility index (Phi) is 10.8. The lowest BCUT2D eigenvalue weighted by Gasteiger charge is -2.27. The highest BCUT2D eigenvalue weighted by atomic mass is 16.5. The van der Waals surface area contributed by atoms with E-state index in [1.807, 2.05) is 0 Å². The summed E-state index contributed by atoms with van der Waals surface area (Å²) in [5.74, 6) is 0.814. The van der Waals surface area contributed by atoms with E-state index < -0.39 is 0 Å². The van der Waals surface area contributed by atoms with Crippen LogP contribution in [-0.4, -0.2) is 77.2 Å². The van der Waals surface area contributed by atoms with Crippen LogP contribution in [0.5, 0.6) is 0 Å². The lowest BCUT2D eigenvalue weighted by molar-refractivity contribution is 0.0341. The molecule has 0 bridgehead atoms. The summed E-state index contributed by atoms with van der Waals surface area (Å²) >= 11 is 0. The first-order valence-electron chi connectivity index (χ1n) is 9.79.